The predicted octanol–water partition coefficient (Wildman–Crippen LogP) is 2.04. The Morgan fingerprint density at radius 3 is 2.40 bits per heavy atom. The number of hydrogen-bond acceptors (Lipinski definition) is 6. The Morgan fingerprint density at radius 2 is 1.83 bits per heavy atom. The standard InChI is InChI=1S/C26H37N3O5S/c1-19(2)17-29(35(32,33)23-11-9-22(34-3)10-12-23)18-25(30)24(15-20-7-5-4-6-8-20)28-26(31)21-13-14-27-16-21/h4-12,19,21,24-25,27,30H,13-18H2,1-3H3,(H,28,31)/t21-,24+,25-/m1/s1. The number of nitrogens with one attached hydrogen (secondary N) is 2. The van der Waals surface area contributed by atoms with Crippen LogP contribution in [-0.2, 0) is 21.2 Å². The number of amides is 1. The molecule has 1 aliphatic heterocycles. The van der Waals surface area contributed by atoms with Crippen molar-refractivity contribution in [2.75, 3.05) is 33.3 Å². The van der Waals surface area contributed by atoms with Gasteiger partial charge in [-0.05, 0) is 55.1 Å². The molecule has 9 heteroatoms. The van der Waals surface area contributed by atoms with Gasteiger partial charge in [-0.2, -0.15) is 4.31 Å². The molecule has 1 saturated heterocycles. The number of carbonyl (C=O) groups is 1. The molecular formula is C26H37N3O5S. The van der Waals surface area contributed by atoms with Crippen molar-refractivity contribution in [1.29, 1.82) is 0 Å². The second-order valence-electron chi connectivity index (χ2n) is 9.45. The summed E-state index contributed by atoms with van der Waals surface area (Å²) in [5, 5.41) is 17.5. The van der Waals surface area contributed by atoms with E-state index >= 15 is 0 Å². The van der Waals surface area contributed by atoms with Crippen molar-refractivity contribution in [2.45, 2.75) is 43.7 Å². The van der Waals surface area contributed by atoms with Crippen LogP contribution in [0.4, 0.5) is 0 Å². The third-order valence-electron chi connectivity index (χ3n) is 6.18. The highest BCUT2D eigenvalue weighted by atomic mass is 32.2. The van der Waals surface area contributed by atoms with Crippen LogP contribution in [0.25, 0.3) is 0 Å². The Hall–Kier alpha value is -2.46. The Labute approximate surface area is 208 Å². The van der Waals surface area contributed by atoms with Gasteiger partial charge in [0.25, 0.3) is 0 Å². The molecule has 3 N–H and O–H groups in total. The molecule has 3 rings (SSSR count). The predicted molar refractivity (Wildman–Crippen MR) is 136 cm³/mol. The third-order valence-corrected chi connectivity index (χ3v) is 8.02. The Bertz CT molecular complexity index is 1040. The number of rotatable bonds is 12. The molecule has 0 radical (unpaired) electrons. The molecule has 2 aromatic rings. The van der Waals surface area contributed by atoms with Gasteiger partial charge in [-0.15, -0.1) is 0 Å². The van der Waals surface area contributed by atoms with Crippen LogP contribution in [0.1, 0.15) is 25.8 Å². The molecule has 1 aliphatic rings. The highest BCUT2D eigenvalue weighted by Crippen LogP contribution is 2.22. The molecule has 0 aromatic heterocycles. The van der Waals surface area contributed by atoms with Gasteiger partial charge >= 0.3 is 0 Å². The lowest BCUT2D eigenvalue weighted by Gasteiger charge is -2.31. The first-order valence-corrected chi connectivity index (χ1v) is 13.5. The minimum Gasteiger partial charge on any atom is -0.497 e. The number of benzene rings is 2. The van der Waals surface area contributed by atoms with Crippen molar-refractivity contribution in [3.63, 3.8) is 0 Å². The van der Waals surface area contributed by atoms with Crippen LogP contribution in [0, 0.1) is 11.8 Å². The van der Waals surface area contributed by atoms with Gasteiger partial charge in [-0.1, -0.05) is 44.2 Å². The maximum absolute atomic E-state index is 13.5. The molecule has 3 atom stereocenters. The van der Waals surface area contributed by atoms with Gasteiger partial charge in [-0.3, -0.25) is 4.79 Å². The van der Waals surface area contributed by atoms with Crippen molar-refractivity contribution in [3.05, 3.63) is 60.2 Å². The largest absolute Gasteiger partial charge is 0.497 e. The molecular weight excluding hydrogens is 466 g/mol. The van der Waals surface area contributed by atoms with E-state index in [9.17, 15) is 18.3 Å². The summed E-state index contributed by atoms with van der Waals surface area (Å²) >= 11 is 0. The summed E-state index contributed by atoms with van der Waals surface area (Å²) in [6.45, 7) is 5.35. The number of carbonyl (C=O) groups excluding carboxylic acids is 1. The van der Waals surface area contributed by atoms with Crippen molar-refractivity contribution in [2.24, 2.45) is 11.8 Å². The van der Waals surface area contributed by atoms with E-state index in [1.54, 1.807) is 12.1 Å². The fourth-order valence-electron chi connectivity index (χ4n) is 4.24. The lowest BCUT2D eigenvalue weighted by Crippen LogP contribution is -2.52. The molecule has 35 heavy (non-hydrogen) atoms. The lowest BCUT2D eigenvalue weighted by molar-refractivity contribution is -0.126. The molecule has 1 heterocycles. The topological polar surface area (TPSA) is 108 Å². The van der Waals surface area contributed by atoms with Gasteiger partial charge in [0.2, 0.25) is 15.9 Å². The van der Waals surface area contributed by atoms with E-state index in [0.29, 0.717) is 18.7 Å². The summed E-state index contributed by atoms with van der Waals surface area (Å²) in [6, 6.07) is 15.2. The molecule has 2 aromatic carbocycles. The summed E-state index contributed by atoms with van der Waals surface area (Å²) in [5.41, 5.74) is 0.954. The van der Waals surface area contributed by atoms with Crippen molar-refractivity contribution < 1.29 is 23.1 Å². The van der Waals surface area contributed by atoms with E-state index in [4.69, 9.17) is 4.74 Å². The monoisotopic (exact) mass is 503 g/mol. The fraction of sp³-hybridized carbons (Fsp3) is 0.500. The minimum absolute atomic E-state index is 0.0435. The van der Waals surface area contributed by atoms with E-state index in [1.165, 1.54) is 23.5 Å². The average molecular weight is 504 g/mol. The fourth-order valence-corrected chi connectivity index (χ4v) is 5.86. The van der Waals surface area contributed by atoms with Crippen molar-refractivity contribution >= 4 is 15.9 Å². The molecule has 0 unspecified atom stereocenters. The summed E-state index contributed by atoms with van der Waals surface area (Å²) in [4.78, 5) is 13.0. The van der Waals surface area contributed by atoms with Crippen LogP contribution in [0.2, 0.25) is 0 Å². The number of aliphatic hydroxyl groups excluding tert-OH is 1. The van der Waals surface area contributed by atoms with Crippen molar-refractivity contribution in [3.8, 4) is 5.75 Å². The molecule has 192 valence electrons. The molecule has 0 saturated carbocycles. The molecule has 1 fully saturated rings. The molecule has 0 bridgehead atoms. The quantitative estimate of drug-likeness (QED) is 0.409. The van der Waals surface area contributed by atoms with E-state index in [-0.39, 0.29) is 35.7 Å². The van der Waals surface area contributed by atoms with Gasteiger partial charge in [0.1, 0.15) is 5.75 Å². The lowest BCUT2D eigenvalue weighted by atomic mass is 9.99. The van der Waals surface area contributed by atoms with Crippen LogP contribution < -0.4 is 15.4 Å². The van der Waals surface area contributed by atoms with Crippen LogP contribution in [0.3, 0.4) is 0 Å². The maximum atomic E-state index is 13.5. The molecule has 0 spiro atoms. The number of sulfonamides is 1. The second-order valence-corrected chi connectivity index (χ2v) is 11.4. The van der Waals surface area contributed by atoms with Crippen molar-refractivity contribution in [1.82, 2.24) is 14.9 Å². The van der Waals surface area contributed by atoms with E-state index in [0.717, 1.165) is 18.5 Å². The Morgan fingerprint density at radius 1 is 1.14 bits per heavy atom. The highest BCUT2D eigenvalue weighted by Gasteiger charge is 2.33. The normalized spacial score (nSPS) is 17.9. The zero-order chi connectivity index (χ0) is 25.4. The smallest absolute Gasteiger partial charge is 0.243 e. The molecule has 8 nitrogen and oxygen atoms in total. The summed E-state index contributed by atoms with van der Waals surface area (Å²) < 4.78 is 33.4. The summed E-state index contributed by atoms with van der Waals surface area (Å²) in [5.74, 6) is 0.326. The van der Waals surface area contributed by atoms with Gasteiger partial charge in [0.05, 0.1) is 30.1 Å². The SMILES string of the molecule is COc1ccc(S(=O)(=O)N(CC(C)C)C[C@@H](O)[C@H](Cc2ccccc2)NC(=O)[C@@H]2CCNC2)cc1. The third kappa shape index (κ3) is 7.51. The molecule has 0 aliphatic carbocycles. The van der Waals surface area contributed by atoms with Gasteiger partial charge in [0.15, 0.2) is 0 Å². The second kappa shape index (κ2) is 12.5. The van der Waals surface area contributed by atoms with E-state index in [1.807, 2.05) is 44.2 Å². The van der Waals surface area contributed by atoms with E-state index < -0.39 is 22.2 Å². The molecule has 1 amide bonds. The van der Waals surface area contributed by atoms with Crippen LogP contribution in [0.5, 0.6) is 5.75 Å². The Kier molecular flexibility index (Phi) is 9.68. The van der Waals surface area contributed by atoms with Gasteiger partial charge in [-0.25, -0.2) is 8.42 Å². The first-order chi connectivity index (χ1) is 16.7. The van der Waals surface area contributed by atoms with Crippen LogP contribution >= 0.6 is 0 Å². The Balaban J connectivity index is 1.83. The number of nitrogens with zero attached hydrogens (tertiary/aromatic N) is 1. The van der Waals surface area contributed by atoms with Gasteiger partial charge < -0.3 is 20.5 Å². The zero-order valence-electron chi connectivity index (χ0n) is 20.7. The summed E-state index contributed by atoms with van der Waals surface area (Å²) in [7, 11) is -2.35. The maximum Gasteiger partial charge on any atom is 0.243 e. The zero-order valence-corrected chi connectivity index (χ0v) is 21.5. The summed E-state index contributed by atoms with van der Waals surface area (Å²) in [6.07, 6.45) is 0.0393. The number of methoxy groups -OCH3 is 1. The van der Waals surface area contributed by atoms with Crippen LogP contribution in [0.15, 0.2) is 59.5 Å². The average Bonchev–Trinajstić information content (AvgIpc) is 3.39. The van der Waals surface area contributed by atoms with Crippen LogP contribution in [-0.4, -0.2) is 69.2 Å². The highest BCUT2D eigenvalue weighted by molar-refractivity contribution is 7.89. The number of hydrogen-bond donors (Lipinski definition) is 3. The number of ether oxygens (including phenoxy) is 1. The first-order valence-electron chi connectivity index (χ1n) is 12.1. The minimum atomic E-state index is -3.87. The number of aliphatic hydroxyl groups is 1. The first kappa shape index (κ1) is 27.1. The van der Waals surface area contributed by atoms with Gasteiger partial charge in [0, 0.05) is 19.6 Å². The van der Waals surface area contributed by atoms with E-state index in [2.05, 4.69) is 10.6 Å².